The number of amides is 1. The van der Waals surface area contributed by atoms with Crippen molar-refractivity contribution in [2.24, 2.45) is 0 Å². The molecule has 128 valence electrons. The summed E-state index contributed by atoms with van der Waals surface area (Å²) in [4.78, 5) is 33.9. The van der Waals surface area contributed by atoms with E-state index < -0.39 is 33.6 Å². The van der Waals surface area contributed by atoms with E-state index in [0.29, 0.717) is 4.31 Å². The molecule has 0 aromatic heterocycles. The van der Waals surface area contributed by atoms with Gasteiger partial charge in [-0.25, -0.2) is 13.2 Å². The molecule has 0 unspecified atom stereocenters. The van der Waals surface area contributed by atoms with Crippen molar-refractivity contribution < 1.29 is 27.7 Å². The first-order valence-electron chi connectivity index (χ1n) is 6.90. The van der Waals surface area contributed by atoms with Crippen LogP contribution in [0.5, 0.6) is 0 Å². The number of rotatable bonds is 4. The Morgan fingerprint density at radius 1 is 1.12 bits per heavy atom. The third kappa shape index (κ3) is 2.83. The van der Waals surface area contributed by atoms with Gasteiger partial charge in [0.05, 0.1) is 16.1 Å². The van der Waals surface area contributed by atoms with Crippen molar-refractivity contribution in [2.75, 3.05) is 6.73 Å². The number of fused-ring (bicyclic) bond motifs is 1. The number of sulfonamides is 1. The molecule has 2 aromatic rings. The lowest BCUT2D eigenvalue weighted by atomic mass is 10.2. The fourth-order valence-electron chi connectivity index (χ4n) is 2.28. The molecule has 1 aliphatic heterocycles. The Bertz CT molecular complexity index is 983. The number of nitro groups is 1. The number of ether oxygens (including phenoxy) is 1. The van der Waals surface area contributed by atoms with Crippen LogP contribution in [0.15, 0.2) is 53.4 Å². The average Bonchev–Trinajstić information content (AvgIpc) is 2.80. The maximum Gasteiger partial charge on any atom is 0.339 e. The fourth-order valence-corrected chi connectivity index (χ4v) is 3.71. The second kappa shape index (κ2) is 5.98. The number of carbonyl (C=O) groups is 2. The monoisotopic (exact) mass is 362 g/mol. The minimum atomic E-state index is -4.07. The van der Waals surface area contributed by atoms with Gasteiger partial charge < -0.3 is 4.74 Å². The molecule has 1 aliphatic rings. The second-order valence-corrected chi connectivity index (χ2v) is 6.85. The molecule has 1 amide bonds. The van der Waals surface area contributed by atoms with Crippen LogP contribution in [0.1, 0.15) is 20.7 Å². The number of hydrogen-bond acceptors (Lipinski definition) is 7. The van der Waals surface area contributed by atoms with E-state index in [2.05, 4.69) is 0 Å². The summed E-state index contributed by atoms with van der Waals surface area (Å²) in [7, 11) is -4.07. The fraction of sp³-hybridized carbons (Fsp3) is 0.0667. The Labute approximate surface area is 141 Å². The van der Waals surface area contributed by atoms with Gasteiger partial charge in [0.2, 0.25) is 0 Å². The van der Waals surface area contributed by atoms with Gasteiger partial charge in [-0.05, 0) is 24.3 Å². The van der Waals surface area contributed by atoms with Crippen LogP contribution in [0.25, 0.3) is 0 Å². The maximum absolute atomic E-state index is 12.3. The molecule has 3 rings (SSSR count). The lowest BCUT2D eigenvalue weighted by Gasteiger charge is -2.14. The summed E-state index contributed by atoms with van der Waals surface area (Å²) in [6.07, 6.45) is 0. The SMILES string of the molecule is O=C(OCN1C(=O)c2ccccc2S1(=O)=O)c1ccc([N+](=O)[O-])cc1. The summed E-state index contributed by atoms with van der Waals surface area (Å²) in [5.41, 5.74) is -0.203. The molecule has 0 N–H and O–H groups in total. The van der Waals surface area contributed by atoms with Crippen molar-refractivity contribution in [3.8, 4) is 0 Å². The Hall–Kier alpha value is -3.27. The van der Waals surface area contributed by atoms with Gasteiger partial charge in [0.25, 0.3) is 21.6 Å². The van der Waals surface area contributed by atoms with E-state index in [-0.39, 0.29) is 21.7 Å². The zero-order valence-corrected chi connectivity index (χ0v) is 13.3. The largest absolute Gasteiger partial charge is 0.439 e. The third-order valence-electron chi connectivity index (χ3n) is 3.54. The Kier molecular flexibility index (Phi) is 3.97. The molecule has 9 nitrogen and oxygen atoms in total. The van der Waals surface area contributed by atoms with Crippen LogP contribution in [0.4, 0.5) is 5.69 Å². The standard InChI is InChI=1S/C15H10N2O7S/c18-14-12-3-1-2-4-13(12)25(22,23)16(14)9-24-15(19)10-5-7-11(8-6-10)17(20)21/h1-8H,9H2. The Morgan fingerprint density at radius 3 is 2.36 bits per heavy atom. The lowest BCUT2D eigenvalue weighted by Crippen LogP contribution is -2.33. The molecule has 0 radical (unpaired) electrons. The Morgan fingerprint density at radius 2 is 1.76 bits per heavy atom. The molecule has 0 spiro atoms. The van der Waals surface area contributed by atoms with Gasteiger partial charge in [0.1, 0.15) is 4.90 Å². The molecule has 0 aliphatic carbocycles. The summed E-state index contributed by atoms with van der Waals surface area (Å²) >= 11 is 0. The molecule has 1 heterocycles. The van der Waals surface area contributed by atoms with Crippen molar-refractivity contribution in [3.05, 3.63) is 69.8 Å². The minimum absolute atomic E-state index is 0.00726. The molecule has 2 aromatic carbocycles. The number of nitro benzene ring substituents is 1. The van der Waals surface area contributed by atoms with Crippen molar-refractivity contribution >= 4 is 27.6 Å². The zero-order valence-electron chi connectivity index (χ0n) is 12.5. The van der Waals surface area contributed by atoms with Gasteiger partial charge in [-0.15, -0.1) is 0 Å². The quantitative estimate of drug-likeness (QED) is 0.459. The second-order valence-electron chi connectivity index (χ2n) is 5.02. The molecule has 0 saturated carbocycles. The van der Waals surface area contributed by atoms with E-state index in [0.717, 1.165) is 12.1 Å². The number of benzene rings is 2. The smallest absolute Gasteiger partial charge is 0.339 e. The predicted octanol–water partition coefficient (Wildman–Crippen LogP) is 1.55. The first-order valence-corrected chi connectivity index (χ1v) is 8.34. The first kappa shape index (κ1) is 16.6. The summed E-state index contributed by atoms with van der Waals surface area (Å²) in [5, 5.41) is 10.6. The van der Waals surface area contributed by atoms with Gasteiger partial charge in [0, 0.05) is 12.1 Å². The van der Waals surface area contributed by atoms with Gasteiger partial charge >= 0.3 is 5.97 Å². The predicted molar refractivity (Wildman–Crippen MR) is 83.2 cm³/mol. The molecule has 0 atom stereocenters. The van der Waals surface area contributed by atoms with Crippen LogP contribution in [-0.2, 0) is 14.8 Å². The topological polar surface area (TPSA) is 124 Å². The van der Waals surface area contributed by atoms with Gasteiger partial charge in [0.15, 0.2) is 6.73 Å². The highest BCUT2D eigenvalue weighted by molar-refractivity contribution is 7.90. The molecular weight excluding hydrogens is 352 g/mol. The minimum Gasteiger partial charge on any atom is -0.439 e. The number of nitrogens with zero attached hydrogens (tertiary/aromatic N) is 2. The first-order chi connectivity index (χ1) is 11.8. The highest BCUT2D eigenvalue weighted by Gasteiger charge is 2.41. The highest BCUT2D eigenvalue weighted by Crippen LogP contribution is 2.29. The van der Waals surface area contributed by atoms with Crippen molar-refractivity contribution in [1.29, 1.82) is 0 Å². The number of hydrogen-bond donors (Lipinski definition) is 0. The molecule has 0 fully saturated rings. The van der Waals surface area contributed by atoms with E-state index in [1.165, 1.54) is 36.4 Å². The summed E-state index contributed by atoms with van der Waals surface area (Å²) in [6, 6.07) is 10.3. The van der Waals surface area contributed by atoms with E-state index in [4.69, 9.17) is 4.74 Å². The van der Waals surface area contributed by atoms with Gasteiger partial charge in [-0.2, -0.15) is 4.31 Å². The van der Waals surface area contributed by atoms with Gasteiger partial charge in [-0.1, -0.05) is 12.1 Å². The van der Waals surface area contributed by atoms with Crippen molar-refractivity contribution in [3.63, 3.8) is 0 Å². The highest BCUT2D eigenvalue weighted by atomic mass is 32.2. The van der Waals surface area contributed by atoms with E-state index in [1.54, 1.807) is 0 Å². The van der Waals surface area contributed by atoms with Crippen LogP contribution in [0, 0.1) is 10.1 Å². The molecule has 25 heavy (non-hydrogen) atoms. The molecular formula is C15H10N2O7S. The van der Waals surface area contributed by atoms with Crippen LogP contribution in [-0.4, -0.2) is 36.3 Å². The molecule has 0 bridgehead atoms. The Balaban J connectivity index is 1.75. The zero-order chi connectivity index (χ0) is 18.2. The molecule has 0 saturated heterocycles. The van der Waals surface area contributed by atoms with E-state index in [9.17, 15) is 28.1 Å². The van der Waals surface area contributed by atoms with Crippen molar-refractivity contribution in [2.45, 2.75) is 4.90 Å². The number of esters is 1. The molecule has 10 heteroatoms. The average molecular weight is 362 g/mol. The van der Waals surface area contributed by atoms with Gasteiger partial charge in [-0.3, -0.25) is 14.9 Å². The summed E-state index contributed by atoms with van der Waals surface area (Å²) in [6.45, 7) is -0.786. The van der Waals surface area contributed by atoms with Crippen LogP contribution in [0.2, 0.25) is 0 Å². The summed E-state index contributed by atoms with van der Waals surface area (Å²) < 4.78 is 29.9. The van der Waals surface area contributed by atoms with Crippen LogP contribution in [0.3, 0.4) is 0 Å². The van der Waals surface area contributed by atoms with Crippen LogP contribution >= 0.6 is 0 Å². The lowest BCUT2D eigenvalue weighted by molar-refractivity contribution is -0.384. The summed E-state index contributed by atoms with van der Waals surface area (Å²) in [5.74, 6) is -1.69. The van der Waals surface area contributed by atoms with Crippen molar-refractivity contribution in [1.82, 2.24) is 4.31 Å². The number of non-ortho nitro benzene ring substituents is 1. The third-order valence-corrected chi connectivity index (χ3v) is 5.30. The number of carbonyl (C=O) groups excluding carboxylic acids is 2. The normalized spacial score (nSPS) is 14.9. The van der Waals surface area contributed by atoms with E-state index >= 15 is 0 Å². The van der Waals surface area contributed by atoms with Crippen LogP contribution < -0.4 is 0 Å². The maximum atomic E-state index is 12.3. The van der Waals surface area contributed by atoms with E-state index in [1.807, 2.05) is 0 Å².